The summed E-state index contributed by atoms with van der Waals surface area (Å²) < 4.78 is 13.9. The van der Waals surface area contributed by atoms with Crippen molar-refractivity contribution in [2.24, 2.45) is 5.92 Å². The van der Waals surface area contributed by atoms with E-state index in [2.05, 4.69) is 26.1 Å². The highest BCUT2D eigenvalue weighted by Gasteiger charge is 2.16. The molecule has 1 aromatic carbocycles. The third kappa shape index (κ3) is 4.64. The SMILES string of the molecule is CCCNC(CC(C)C)c1ccc(Cl)cc1F. The van der Waals surface area contributed by atoms with Crippen molar-refractivity contribution < 1.29 is 4.39 Å². The summed E-state index contributed by atoms with van der Waals surface area (Å²) in [6.07, 6.45) is 1.97. The smallest absolute Gasteiger partial charge is 0.129 e. The number of halogens is 2. The standard InChI is InChI=1S/C14H21ClFN/c1-4-7-17-14(8-10(2)3)12-6-5-11(15)9-13(12)16/h5-6,9-10,14,17H,4,7-8H2,1-3H3. The number of benzene rings is 1. The van der Waals surface area contributed by atoms with Crippen molar-refractivity contribution in [3.8, 4) is 0 Å². The van der Waals surface area contributed by atoms with Gasteiger partial charge in [0.1, 0.15) is 5.82 Å². The fourth-order valence-corrected chi connectivity index (χ4v) is 2.05. The molecular formula is C14H21ClFN. The van der Waals surface area contributed by atoms with Crippen LogP contribution in [-0.4, -0.2) is 6.54 Å². The Labute approximate surface area is 108 Å². The van der Waals surface area contributed by atoms with Crippen molar-refractivity contribution in [1.29, 1.82) is 0 Å². The van der Waals surface area contributed by atoms with Crippen molar-refractivity contribution >= 4 is 11.6 Å². The summed E-state index contributed by atoms with van der Waals surface area (Å²) in [5, 5.41) is 3.84. The Morgan fingerprint density at radius 1 is 1.35 bits per heavy atom. The second-order valence-corrected chi connectivity index (χ2v) is 5.24. The number of nitrogens with one attached hydrogen (secondary N) is 1. The van der Waals surface area contributed by atoms with E-state index in [4.69, 9.17) is 11.6 Å². The zero-order valence-electron chi connectivity index (χ0n) is 10.8. The van der Waals surface area contributed by atoms with Gasteiger partial charge >= 0.3 is 0 Å². The highest BCUT2D eigenvalue weighted by atomic mass is 35.5. The van der Waals surface area contributed by atoms with Crippen LogP contribution in [0.2, 0.25) is 5.02 Å². The molecule has 1 nitrogen and oxygen atoms in total. The summed E-state index contributed by atoms with van der Waals surface area (Å²) in [6, 6.07) is 5.00. The molecule has 1 N–H and O–H groups in total. The van der Waals surface area contributed by atoms with Crippen LogP contribution in [0.25, 0.3) is 0 Å². The maximum Gasteiger partial charge on any atom is 0.129 e. The van der Waals surface area contributed by atoms with Crippen LogP contribution in [0.1, 0.15) is 45.2 Å². The molecule has 0 aromatic heterocycles. The summed E-state index contributed by atoms with van der Waals surface area (Å²) >= 11 is 5.77. The van der Waals surface area contributed by atoms with E-state index in [1.54, 1.807) is 12.1 Å². The molecule has 0 bridgehead atoms. The zero-order valence-corrected chi connectivity index (χ0v) is 11.5. The molecule has 0 aliphatic heterocycles. The zero-order chi connectivity index (χ0) is 12.8. The van der Waals surface area contributed by atoms with Crippen LogP contribution in [0.4, 0.5) is 4.39 Å². The lowest BCUT2D eigenvalue weighted by Crippen LogP contribution is -2.24. The first-order chi connectivity index (χ1) is 8.04. The molecule has 0 radical (unpaired) electrons. The third-order valence-electron chi connectivity index (χ3n) is 2.69. The van der Waals surface area contributed by atoms with Crippen molar-refractivity contribution in [3.63, 3.8) is 0 Å². The van der Waals surface area contributed by atoms with Crippen LogP contribution < -0.4 is 5.32 Å². The van der Waals surface area contributed by atoms with E-state index < -0.39 is 0 Å². The van der Waals surface area contributed by atoms with Gasteiger partial charge in [0, 0.05) is 16.6 Å². The van der Waals surface area contributed by atoms with Gasteiger partial charge in [-0.3, -0.25) is 0 Å². The van der Waals surface area contributed by atoms with Crippen molar-refractivity contribution in [1.82, 2.24) is 5.32 Å². The summed E-state index contributed by atoms with van der Waals surface area (Å²) in [7, 11) is 0. The fourth-order valence-electron chi connectivity index (χ4n) is 1.89. The summed E-state index contributed by atoms with van der Waals surface area (Å²) in [4.78, 5) is 0. The largest absolute Gasteiger partial charge is 0.310 e. The Balaban J connectivity index is 2.86. The van der Waals surface area contributed by atoms with Crippen LogP contribution in [0.15, 0.2) is 18.2 Å². The number of hydrogen-bond acceptors (Lipinski definition) is 1. The van der Waals surface area contributed by atoms with E-state index in [0.29, 0.717) is 10.9 Å². The van der Waals surface area contributed by atoms with Gasteiger partial charge in [-0.15, -0.1) is 0 Å². The molecule has 1 aromatic rings. The molecule has 1 atom stereocenters. The van der Waals surface area contributed by atoms with Gasteiger partial charge in [-0.2, -0.15) is 0 Å². The van der Waals surface area contributed by atoms with Gasteiger partial charge in [-0.25, -0.2) is 4.39 Å². The molecule has 0 saturated heterocycles. The predicted octanol–water partition coefficient (Wildman–Crippen LogP) is 4.57. The minimum Gasteiger partial charge on any atom is -0.310 e. The Kier molecular flexibility index (Phi) is 5.93. The van der Waals surface area contributed by atoms with E-state index in [1.807, 2.05) is 0 Å². The quantitative estimate of drug-likeness (QED) is 0.787. The van der Waals surface area contributed by atoms with Gasteiger partial charge in [0.05, 0.1) is 0 Å². The van der Waals surface area contributed by atoms with Gasteiger partial charge in [-0.1, -0.05) is 38.4 Å². The molecule has 0 spiro atoms. The van der Waals surface area contributed by atoms with Crippen LogP contribution in [0.5, 0.6) is 0 Å². The van der Waals surface area contributed by atoms with Crippen LogP contribution in [0.3, 0.4) is 0 Å². The first-order valence-corrected chi connectivity index (χ1v) is 6.60. The van der Waals surface area contributed by atoms with Gasteiger partial charge in [0.25, 0.3) is 0 Å². The normalized spacial score (nSPS) is 13.1. The minimum absolute atomic E-state index is 0.0761. The van der Waals surface area contributed by atoms with Crippen LogP contribution >= 0.6 is 11.6 Å². The minimum atomic E-state index is -0.216. The van der Waals surface area contributed by atoms with Gasteiger partial charge in [-0.05, 0) is 37.4 Å². The van der Waals surface area contributed by atoms with Crippen molar-refractivity contribution in [3.05, 3.63) is 34.6 Å². The van der Waals surface area contributed by atoms with Crippen molar-refractivity contribution in [2.75, 3.05) is 6.54 Å². The molecule has 0 amide bonds. The number of hydrogen-bond donors (Lipinski definition) is 1. The van der Waals surface area contributed by atoms with E-state index in [0.717, 1.165) is 24.9 Å². The average Bonchev–Trinajstić information content (AvgIpc) is 2.24. The molecule has 1 rings (SSSR count). The summed E-state index contributed by atoms with van der Waals surface area (Å²) in [5.74, 6) is 0.311. The Bertz CT molecular complexity index is 352. The molecule has 0 aliphatic carbocycles. The molecule has 3 heteroatoms. The lowest BCUT2D eigenvalue weighted by atomic mass is 9.96. The Morgan fingerprint density at radius 3 is 2.59 bits per heavy atom. The molecule has 1 unspecified atom stereocenters. The van der Waals surface area contributed by atoms with Gasteiger partial charge < -0.3 is 5.32 Å². The Morgan fingerprint density at radius 2 is 2.06 bits per heavy atom. The second kappa shape index (κ2) is 6.97. The first kappa shape index (κ1) is 14.5. The van der Waals surface area contributed by atoms with Crippen LogP contribution in [0, 0.1) is 11.7 Å². The van der Waals surface area contributed by atoms with E-state index in [1.165, 1.54) is 6.07 Å². The topological polar surface area (TPSA) is 12.0 Å². The molecule has 0 aliphatic rings. The molecule has 96 valence electrons. The fraction of sp³-hybridized carbons (Fsp3) is 0.571. The lowest BCUT2D eigenvalue weighted by Gasteiger charge is -2.21. The highest BCUT2D eigenvalue weighted by molar-refractivity contribution is 6.30. The highest BCUT2D eigenvalue weighted by Crippen LogP contribution is 2.25. The van der Waals surface area contributed by atoms with E-state index in [9.17, 15) is 4.39 Å². The van der Waals surface area contributed by atoms with Gasteiger partial charge in [0.15, 0.2) is 0 Å². The van der Waals surface area contributed by atoms with Gasteiger partial charge in [0.2, 0.25) is 0 Å². The third-order valence-corrected chi connectivity index (χ3v) is 2.92. The predicted molar refractivity (Wildman–Crippen MR) is 71.9 cm³/mol. The molecular weight excluding hydrogens is 237 g/mol. The summed E-state index contributed by atoms with van der Waals surface area (Å²) in [5.41, 5.74) is 0.719. The monoisotopic (exact) mass is 257 g/mol. The maximum atomic E-state index is 13.9. The second-order valence-electron chi connectivity index (χ2n) is 4.80. The molecule has 0 saturated carbocycles. The summed E-state index contributed by atoms with van der Waals surface area (Å²) in [6.45, 7) is 7.31. The molecule has 17 heavy (non-hydrogen) atoms. The average molecular weight is 258 g/mol. The first-order valence-electron chi connectivity index (χ1n) is 6.23. The van der Waals surface area contributed by atoms with E-state index in [-0.39, 0.29) is 11.9 Å². The molecule has 0 heterocycles. The number of rotatable bonds is 6. The van der Waals surface area contributed by atoms with Crippen LogP contribution in [-0.2, 0) is 0 Å². The molecule has 0 fully saturated rings. The Hall–Kier alpha value is -0.600. The lowest BCUT2D eigenvalue weighted by molar-refractivity contribution is 0.416. The van der Waals surface area contributed by atoms with E-state index >= 15 is 0 Å². The maximum absolute atomic E-state index is 13.9. The van der Waals surface area contributed by atoms with Crippen molar-refractivity contribution in [2.45, 2.75) is 39.7 Å².